The molecule has 1 aliphatic rings. The zero-order valence-corrected chi connectivity index (χ0v) is 6.03. The highest BCUT2D eigenvalue weighted by atomic mass is 16.7. The van der Waals surface area contributed by atoms with Gasteiger partial charge >= 0.3 is 6.79 Å². The smallest absolute Gasteiger partial charge is 0.316 e. The van der Waals surface area contributed by atoms with Gasteiger partial charge in [0.25, 0.3) is 0 Å². The van der Waals surface area contributed by atoms with E-state index < -0.39 is 0 Å². The summed E-state index contributed by atoms with van der Waals surface area (Å²) >= 11 is 0. The van der Waals surface area contributed by atoms with Gasteiger partial charge in [-0.25, -0.2) is 0 Å². The van der Waals surface area contributed by atoms with Crippen LogP contribution in [0.15, 0.2) is 18.2 Å². The predicted molar refractivity (Wildman–Crippen MR) is 38.6 cm³/mol. The fourth-order valence-electron chi connectivity index (χ4n) is 0.989. The van der Waals surface area contributed by atoms with Crippen molar-refractivity contribution in [1.29, 1.82) is 0 Å². The van der Waals surface area contributed by atoms with E-state index in [0.717, 1.165) is 0 Å². The van der Waals surface area contributed by atoms with Crippen molar-refractivity contribution in [2.45, 2.75) is 0 Å². The molecule has 0 aliphatic carbocycles. The highest BCUT2D eigenvalue weighted by Crippen LogP contribution is 2.41. The van der Waals surface area contributed by atoms with Crippen molar-refractivity contribution in [1.82, 2.24) is 0 Å². The van der Waals surface area contributed by atoms with Gasteiger partial charge in [0, 0.05) is 0 Å². The van der Waals surface area contributed by atoms with E-state index in [4.69, 9.17) is 14.2 Å². The van der Waals surface area contributed by atoms with E-state index in [1.54, 1.807) is 7.11 Å². The maximum absolute atomic E-state index is 5.05. The normalized spacial score (nSPS) is 13.2. The largest absolute Gasteiger partial charge is 0.493 e. The van der Waals surface area contributed by atoms with Crippen LogP contribution in [0.2, 0.25) is 0 Å². The van der Waals surface area contributed by atoms with Crippen molar-refractivity contribution in [3.05, 3.63) is 25.0 Å². The maximum Gasteiger partial charge on any atom is 0.316 e. The number of para-hydroxylation sites is 1. The summed E-state index contributed by atoms with van der Waals surface area (Å²) in [5.74, 6) is 2.04. The van der Waals surface area contributed by atoms with Crippen LogP contribution in [0, 0.1) is 6.79 Å². The zero-order valence-electron chi connectivity index (χ0n) is 6.03. The molecule has 1 aromatic carbocycles. The van der Waals surface area contributed by atoms with E-state index in [1.165, 1.54) is 6.79 Å². The summed E-state index contributed by atoms with van der Waals surface area (Å²) in [5, 5.41) is 0. The molecule has 0 atom stereocenters. The standard InChI is InChI=1S/C8H7O3/c1-9-6-3-2-4-7-8(6)11-5-10-7/h2-5H,1H3. The number of rotatable bonds is 1. The van der Waals surface area contributed by atoms with Gasteiger partial charge in [-0.3, -0.25) is 0 Å². The fourth-order valence-corrected chi connectivity index (χ4v) is 0.989. The lowest BCUT2D eigenvalue weighted by Crippen LogP contribution is -1.86. The SMILES string of the molecule is COc1cccc2c1O[CH]O2. The summed E-state index contributed by atoms with van der Waals surface area (Å²) in [7, 11) is 1.59. The molecule has 1 radical (unpaired) electrons. The van der Waals surface area contributed by atoms with E-state index in [-0.39, 0.29) is 0 Å². The quantitative estimate of drug-likeness (QED) is 0.610. The first kappa shape index (κ1) is 6.34. The molecule has 1 heterocycles. The van der Waals surface area contributed by atoms with Crippen LogP contribution >= 0.6 is 0 Å². The van der Waals surface area contributed by atoms with Gasteiger partial charge in [0.05, 0.1) is 7.11 Å². The molecular weight excluding hydrogens is 144 g/mol. The summed E-state index contributed by atoms with van der Waals surface area (Å²) in [4.78, 5) is 0. The Morgan fingerprint density at radius 2 is 2.18 bits per heavy atom. The van der Waals surface area contributed by atoms with Crippen LogP contribution in [0.3, 0.4) is 0 Å². The van der Waals surface area contributed by atoms with Crippen LogP contribution in [-0.2, 0) is 0 Å². The van der Waals surface area contributed by atoms with E-state index in [0.29, 0.717) is 17.2 Å². The first-order valence-electron chi connectivity index (χ1n) is 3.24. The van der Waals surface area contributed by atoms with E-state index in [1.807, 2.05) is 18.2 Å². The number of hydrogen-bond acceptors (Lipinski definition) is 3. The summed E-state index contributed by atoms with van der Waals surface area (Å²) in [6.45, 7) is 1.28. The van der Waals surface area contributed by atoms with Crippen LogP contribution in [0.25, 0.3) is 0 Å². The van der Waals surface area contributed by atoms with Gasteiger partial charge in [-0.15, -0.1) is 0 Å². The van der Waals surface area contributed by atoms with Gasteiger partial charge in [-0.2, -0.15) is 0 Å². The second kappa shape index (κ2) is 2.34. The first-order chi connectivity index (χ1) is 5.42. The molecule has 0 saturated carbocycles. The molecule has 0 aromatic heterocycles. The zero-order chi connectivity index (χ0) is 7.68. The third-order valence-electron chi connectivity index (χ3n) is 1.50. The lowest BCUT2D eigenvalue weighted by atomic mass is 10.3. The van der Waals surface area contributed by atoms with Crippen LogP contribution in [0.4, 0.5) is 0 Å². The number of hydrogen-bond donors (Lipinski definition) is 0. The van der Waals surface area contributed by atoms with Gasteiger partial charge in [0.1, 0.15) is 0 Å². The molecule has 0 bridgehead atoms. The van der Waals surface area contributed by atoms with Crippen LogP contribution < -0.4 is 14.2 Å². The summed E-state index contributed by atoms with van der Waals surface area (Å²) in [5.41, 5.74) is 0. The van der Waals surface area contributed by atoms with Crippen molar-refractivity contribution in [2.75, 3.05) is 7.11 Å². The molecule has 2 rings (SSSR count). The first-order valence-corrected chi connectivity index (χ1v) is 3.24. The minimum Gasteiger partial charge on any atom is -0.493 e. The third kappa shape index (κ3) is 0.888. The molecule has 1 aliphatic heterocycles. The monoisotopic (exact) mass is 151 g/mol. The number of ether oxygens (including phenoxy) is 3. The fraction of sp³-hybridized carbons (Fsp3) is 0.125. The Balaban J connectivity index is 2.50. The molecule has 57 valence electrons. The summed E-state index contributed by atoms with van der Waals surface area (Å²) in [6, 6.07) is 5.49. The summed E-state index contributed by atoms with van der Waals surface area (Å²) in [6.07, 6.45) is 0. The predicted octanol–water partition coefficient (Wildman–Crippen LogP) is 1.59. The Hall–Kier alpha value is -1.38. The molecule has 11 heavy (non-hydrogen) atoms. The van der Waals surface area contributed by atoms with E-state index >= 15 is 0 Å². The molecule has 3 nitrogen and oxygen atoms in total. The topological polar surface area (TPSA) is 27.7 Å². The average molecular weight is 151 g/mol. The van der Waals surface area contributed by atoms with E-state index in [9.17, 15) is 0 Å². The lowest BCUT2D eigenvalue weighted by molar-refractivity contribution is 0.265. The van der Waals surface area contributed by atoms with Gasteiger partial charge < -0.3 is 14.2 Å². The lowest BCUT2D eigenvalue weighted by Gasteiger charge is -2.01. The Labute approximate surface area is 64.5 Å². The Bertz CT molecular complexity index is 270. The van der Waals surface area contributed by atoms with Crippen molar-refractivity contribution >= 4 is 0 Å². The average Bonchev–Trinajstić information content (AvgIpc) is 2.50. The van der Waals surface area contributed by atoms with Crippen molar-refractivity contribution in [3.8, 4) is 17.2 Å². The van der Waals surface area contributed by atoms with Gasteiger partial charge in [0.2, 0.25) is 5.75 Å². The highest BCUT2D eigenvalue weighted by Gasteiger charge is 2.18. The van der Waals surface area contributed by atoms with E-state index in [2.05, 4.69) is 0 Å². The second-order valence-corrected chi connectivity index (χ2v) is 2.12. The summed E-state index contributed by atoms with van der Waals surface area (Å²) < 4.78 is 15.1. The Kier molecular flexibility index (Phi) is 1.35. The molecule has 0 spiro atoms. The third-order valence-corrected chi connectivity index (χ3v) is 1.50. The minimum atomic E-state index is 0.648. The van der Waals surface area contributed by atoms with Crippen molar-refractivity contribution < 1.29 is 14.2 Å². The number of fused-ring (bicyclic) bond motifs is 1. The molecular formula is C8H7O3. The molecule has 0 fully saturated rings. The maximum atomic E-state index is 5.05. The number of methoxy groups -OCH3 is 1. The van der Waals surface area contributed by atoms with Crippen molar-refractivity contribution in [3.63, 3.8) is 0 Å². The minimum absolute atomic E-state index is 0.648. The second-order valence-electron chi connectivity index (χ2n) is 2.12. The van der Waals surface area contributed by atoms with Gasteiger partial charge in [-0.05, 0) is 12.1 Å². The van der Waals surface area contributed by atoms with Crippen molar-refractivity contribution in [2.24, 2.45) is 0 Å². The molecule has 0 N–H and O–H groups in total. The molecule has 0 amide bonds. The molecule has 0 saturated heterocycles. The molecule has 1 aromatic rings. The highest BCUT2D eigenvalue weighted by molar-refractivity contribution is 5.52. The van der Waals surface area contributed by atoms with Gasteiger partial charge in [0.15, 0.2) is 11.5 Å². The molecule has 3 heteroatoms. The molecule has 0 unspecified atom stereocenters. The van der Waals surface area contributed by atoms with Crippen LogP contribution in [0.5, 0.6) is 17.2 Å². The number of benzene rings is 1. The Morgan fingerprint density at radius 3 is 3.00 bits per heavy atom. The van der Waals surface area contributed by atoms with Gasteiger partial charge in [-0.1, -0.05) is 6.07 Å². The van der Waals surface area contributed by atoms with Crippen LogP contribution in [0.1, 0.15) is 0 Å². The van der Waals surface area contributed by atoms with Crippen LogP contribution in [-0.4, -0.2) is 7.11 Å². The Morgan fingerprint density at radius 1 is 1.27 bits per heavy atom.